The molecule has 0 bridgehead atoms. The van der Waals surface area contributed by atoms with Gasteiger partial charge in [0.25, 0.3) is 0 Å². The first-order valence-corrected chi connectivity index (χ1v) is 7.80. The van der Waals surface area contributed by atoms with Crippen LogP contribution in [0.3, 0.4) is 0 Å². The van der Waals surface area contributed by atoms with Gasteiger partial charge in [0.05, 0.1) is 0 Å². The Hall–Kier alpha value is -0.0800. The molecule has 17 heavy (non-hydrogen) atoms. The Kier molecular flexibility index (Phi) is 5.30. The summed E-state index contributed by atoms with van der Waals surface area (Å²) in [7, 11) is 0. The number of unbranched alkanes of at least 4 members (excludes halogenated alkanes) is 1. The molecular formula is C15H30N2. The van der Waals surface area contributed by atoms with Crippen LogP contribution in [-0.4, -0.2) is 36.6 Å². The molecule has 2 fully saturated rings. The van der Waals surface area contributed by atoms with Crippen LogP contribution in [0.25, 0.3) is 0 Å². The average molecular weight is 238 g/mol. The predicted molar refractivity (Wildman–Crippen MR) is 74.3 cm³/mol. The predicted octanol–water partition coefficient (Wildman–Crippen LogP) is 3.03. The average Bonchev–Trinajstić information content (AvgIpc) is 3.10. The molecule has 2 unspecified atom stereocenters. The van der Waals surface area contributed by atoms with Crippen molar-refractivity contribution in [2.24, 2.45) is 5.92 Å². The third kappa shape index (κ3) is 4.26. The fourth-order valence-electron chi connectivity index (χ4n) is 3.00. The molecule has 0 aromatic carbocycles. The topological polar surface area (TPSA) is 15.3 Å². The molecule has 1 saturated heterocycles. The number of nitrogens with zero attached hydrogens (tertiary/aromatic N) is 1. The minimum atomic E-state index is 0.784. The van der Waals surface area contributed by atoms with Gasteiger partial charge in [0, 0.05) is 25.2 Å². The Bertz CT molecular complexity index is 213. The van der Waals surface area contributed by atoms with Crippen LogP contribution in [0.2, 0.25) is 0 Å². The van der Waals surface area contributed by atoms with Gasteiger partial charge in [-0.3, -0.25) is 4.90 Å². The van der Waals surface area contributed by atoms with Crippen molar-refractivity contribution in [3.63, 3.8) is 0 Å². The van der Waals surface area contributed by atoms with Crippen LogP contribution in [0.1, 0.15) is 58.8 Å². The van der Waals surface area contributed by atoms with E-state index in [9.17, 15) is 0 Å². The van der Waals surface area contributed by atoms with Gasteiger partial charge in [0.1, 0.15) is 0 Å². The standard InChI is InChI=1S/C15H30N2/c1-3-5-6-13(4-2)11-16-14-9-10-17(12-14)15-7-8-15/h13-16H,3-12H2,1-2H3. The van der Waals surface area contributed by atoms with Gasteiger partial charge in [-0.25, -0.2) is 0 Å². The summed E-state index contributed by atoms with van der Waals surface area (Å²) in [6, 6.07) is 1.75. The molecule has 2 nitrogen and oxygen atoms in total. The third-order valence-corrected chi connectivity index (χ3v) is 4.52. The second kappa shape index (κ2) is 6.75. The Balaban J connectivity index is 1.60. The normalized spacial score (nSPS) is 27.5. The Labute approximate surface area is 107 Å². The van der Waals surface area contributed by atoms with E-state index in [1.807, 2.05) is 0 Å². The Morgan fingerprint density at radius 3 is 2.71 bits per heavy atom. The minimum absolute atomic E-state index is 0.784. The van der Waals surface area contributed by atoms with E-state index in [2.05, 4.69) is 24.1 Å². The fraction of sp³-hybridized carbons (Fsp3) is 1.00. The summed E-state index contributed by atoms with van der Waals surface area (Å²) in [4.78, 5) is 2.70. The van der Waals surface area contributed by atoms with E-state index in [-0.39, 0.29) is 0 Å². The zero-order valence-electron chi connectivity index (χ0n) is 11.8. The molecule has 0 aromatic heterocycles. The molecule has 100 valence electrons. The minimum Gasteiger partial charge on any atom is -0.312 e. The van der Waals surface area contributed by atoms with Gasteiger partial charge in [-0.05, 0) is 38.1 Å². The number of hydrogen-bond acceptors (Lipinski definition) is 2. The summed E-state index contributed by atoms with van der Waals surface area (Å²) in [5.74, 6) is 0.907. The van der Waals surface area contributed by atoms with Gasteiger partial charge >= 0.3 is 0 Å². The van der Waals surface area contributed by atoms with Gasteiger partial charge < -0.3 is 5.32 Å². The Morgan fingerprint density at radius 1 is 1.24 bits per heavy atom. The first kappa shape index (κ1) is 13.4. The molecule has 1 N–H and O–H groups in total. The first-order valence-electron chi connectivity index (χ1n) is 7.80. The maximum Gasteiger partial charge on any atom is 0.0207 e. The molecule has 2 atom stereocenters. The molecule has 0 aromatic rings. The van der Waals surface area contributed by atoms with Gasteiger partial charge in [-0.1, -0.05) is 33.1 Å². The fourth-order valence-corrected chi connectivity index (χ4v) is 3.00. The highest BCUT2D eigenvalue weighted by Gasteiger charge is 2.34. The smallest absolute Gasteiger partial charge is 0.0207 e. The second-order valence-corrected chi connectivity index (χ2v) is 6.04. The van der Waals surface area contributed by atoms with Crippen LogP contribution in [0.4, 0.5) is 0 Å². The molecule has 2 aliphatic rings. The zero-order chi connectivity index (χ0) is 12.1. The van der Waals surface area contributed by atoms with Crippen molar-refractivity contribution in [1.82, 2.24) is 10.2 Å². The van der Waals surface area contributed by atoms with E-state index in [0.717, 1.165) is 18.0 Å². The monoisotopic (exact) mass is 238 g/mol. The van der Waals surface area contributed by atoms with Crippen LogP contribution in [0, 0.1) is 5.92 Å². The lowest BCUT2D eigenvalue weighted by Gasteiger charge is -2.20. The summed E-state index contributed by atoms with van der Waals surface area (Å²) in [6.07, 6.45) is 9.79. The van der Waals surface area contributed by atoms with E-state index in [1.165, 1.54) is 64.6 Å². The molecular weight excluding hydrogens is 208 g/mol. The molecule has 2 rings (SSSR count). The molecule has 1 saturated carbocycles. The van der Waals surface area contributed by atoms with Crippen LogP contribution < -0.4 is 5.32 Å². The van der Waals surface area contributed by atoms with E-state index in [4.69, 9.17) is 0 Å². The number of hydrogen-bond donors (Lipinski definition) is 1. The summed E-state index contributed by atoms with van der Waals surface area (Å²) >= 11 is 0. The maximum absolute atomic E-state index is 3.81. The summed E-state index contributed by atoms with van der Waals surface area (Å²) in [5, 5.41) is 3.81. The molecule has 1 aliphatic carbocycles. The lowest BCUT2D eigenvalue weighted by atomic mass is 9.99. The van der Waals surface area contributed by atoms with Crippen molar-refractivity contribution < 1.29 is 0 Å². The lowest BCUT2D eigenvalue weighted by molar-refractivity contribution is 0.312. The summed E-state index contributed by atoms with van der Waals surface area (Å²) in [6.45, 7) is 8.54. The number of likely N-dealkylation sites (tertiary alicyclic amines) is 1. The van der Waals surface area contributed by atoms with E-state index < -0.39 is 0 Å². The quantitative estimate of drug-likeness (QED) is 0.699. The third-order valence-electron chi connectivity index (χ3n) is 4.52. The molecule has 0 spiro atoms. The lowest BCUT2D eigenvalue weighted by Crippen LogP contribution is -2.36. The summed E-state index contributed by atoms with van der Waals surface area (Å²) < 4.78 is 0. The van der Waals surface area contributed by atoms with Crippen molar-refractivity contribution >= 4 is 0 Å². The van der Waals surface area contributed by atoms with E-state index in [1.54, 1.807) is 0 Å². The van der Waals surface area contributed by atoms with Gasteiger partial charge in [0.15, 0.2) is 0 Å². The van der Waals surface area contributed by atoms with Crippen molar-refractivity contribution in [3.05, 3.63) is 0 Å². The van der Waals surface area contributed by atoms with E-state index >= 15 is 0 Å². The van der Waals surface area contributed by atoms with Crippen molar-refractivity contribution in [3.8, 4) is 0 Å². The number of rotatable bonds is 8. The molecule has 0 amide bonds. The van der Waals surface area contributed by atoms with Gasteiger partial charge in [-0.15, -0.1) is 0 Å². The highest BCUT2D eigenvalue weighted by atomic mass is 15.2. The molecule has 1 aliphatic heterocycles. The Morgan fingerprint density at radius 2 is 2.06 bits per heavy atom. The number of nitrogens with one attached hydrogen (secondary N) is 1. The first-order chi connectivity index (χ1) is 8.33. The van der Waals surface area contributed by atoms with Crippen LogP contribution in [-0.2, 0) is 0 Å². The SMILES string of the molecule is CCCCC(CC)CNC1CCN(C2CC2)C1. The van der Waals surface area contributed by atoms with Crippen LogP contribution in [0.5, 0.6) is 0 Å². The van der Waals surface area contributed by atoms with Gasteiger partial charge in [-0.2, -0.15) is 0 Å². The van der Waals surface area contributed by atoms with Crippen LogP contribution >= 0.6 is 0 Å². The highest BCUT2D eigenvalue weighted by Crippen LogP contribution is 2.29. The van der Waals surface area contributed by atoms with Crippen molar-refractivity contribution in [2.75, 3.05) is 19.6 Å². The van der Waals surface area contributed by atoms with Crippen molar-refractivity contribution in [1.29, 1.82) is 0 Å². The summed E-state index contributed by atoms with van der Waals surface area (Å²) in [5.41, 5.74) is 0. The highest BCUT2D eigenvalue weighted by molar-refractivity contribution is 4.91. The second-order valence-electron chi connectivity index (χ2n) is 6.04. The van der Waals surface area contributed by atoms with Gasteiger partial charge in [0.2, 0.25) is 0 Å². The van der Waals surface area contributed by atoms with Crippen molar-refractivity contribution in [2.45, 2.75) is 70.9 Å². The maximum atomic E-state index is 3.81. The van der Waals surface area contributed by atoms with E-state index in [0.29, 0.717) is 0 Å². The molecule has 0 radical (unpaired) electrons. The zero-order valence-corrected chi connectivity index (χ0v) is 11.8. The largest absolute Gasteiger partial charge is 0.312 e. The molecule has 2 heteroatoms. The van der Waals surface area contributed by atoms with Crippen LogP contribution in [0.15, 0.2) is 0 Å². The molecule has 1 heterocycles.